The fourth-order valence-corrected chi connectivity index (χ4v) is 2.86. The zero-order chi connectivity index (χ0) is 20.0. The average molecular weight is 406 g/mol. The van der Waals surface area contributed by atoms with Gasteiger partial charge in [-0.05, 0) is 56.0 Å². The Bertz CT molecular complexity index is 809. The van der Waals surface area contributed by atoms with Crippen molar-refractivity contribution in [2.24, 2.45) is 0 Å². The van der Waals surface area contributed by atoms with E-state index in [2.05, 4.69) is 10.6 Å². The molecule has 5 nitrogen and oxygen atoms in total. The monoisotopic (exact) mass is 405 g/mol. The Kier molecular flexibility index (Phi) is 7.56. The molecule has 2 aromatic rings. The number of thioether (sulfide) groups is 1. The maximum Gasteiger partial charge on any atom is 0.319 e. The van der Waals surface area contributed by atoms with E-state index in [1.807, 2.05) is 44.4 Å². The minimum atomic E-state index is -0.382. The van der Waals surface area contributed by atoms with Crippen LogP contribution >= 0.6 is 23.4 Å². The van der Waals surface area contributed by atoms with E-state index in [-0.39, 0.29) is 18.0 Å². The van der Waals surface area contributed by atoms with Crippen LogP contribution in [0.25, 0.3) is 0 Å². The molecule has 0 aromatic heterocycles. The van der Waals surface area contributed by atoms with E-state index in [4.69, 9.17) is 11.6 Å². The van der Waals surface area contributed by atoms with Crippen molar-refractivity contribution in [3.05, 3.63) is 58.6 Å². The fraction of sp³-hybridized carbons (Fsp3) is 0.300. The van der Waals surface area contributed by atoms with Crippen molar-refractivity contribution >= 4 is 41.0 Å². The highest BCUT2D eigenvalue weighted by Gasteiger charge is 2.16. The Balaban J connectivity index is 2.01. The number of carbonyl (C=O) groups excluding carboxylic acids is 2. The van der Waals surface area contributed by atoms with Crippen molar-refractivity contribution in [1.82, 2.24) is 10.2 Å². The Morgan fingerprint density at radius 1 is 1.15 bits per heavy atom. The maximum absolute atomic E-state index is 12.5. The molecule has 0 radical (unpaired) electrons. The Morgan fingerprint density at radius 3 is 2.41 bits per heavy atom. The van der Waals surface area contributed by atoms with Gasteiger partial charge < -0.3 is 15.5 Å². The van der Waals surface area contributed by atoms with E-state index >= 15 is 0 Å². The Labute approximate surface area is 169 Å². The van der Waals surface area contributed by atoms with Gasteiger partial charge in [-0.3, -0.25) is 4.79 Å². The van der Waals surface area contributed by atoms with Gasteiger partial charge in [0.25, 0.3) is 5.91 Å². The quantitative estimate of drug-likeness (QED) is 0.674. The largest absolute Gasteiger partial charge is 0.339 e. The van der Waals surface area contributed by atoms with Gasteiger partial charge in [0.2, 0.25) is 0 Å². The number of carbonyl (C=O) groups is 2. The summed E-state index contributed by atoms with van der Waals surface area (Å²) < 4.78 is 0. The topological polar surface area (TPSA) is 61.4 Å². The molecule has 2 rings (SSSR count). The normalized spacial score (nSPS) is 10.6. The smallest absolute Gasteiger partial charge is 0.319 e. The molecule has 0 bridgehead atoms. The minimum absolute atomic E-state index is 0.0744. The van der Waals surface area contributed by atoms with Gasteiger partial charge in [-0.15, -0.1) is 11.8 Å². The molecule has 0 saturated heterocycles. The van der Waals surface area contributed by atoms with Gasteiger partial charge in [0.05, 0.1) is 10.7 Å². The molecule has 0 spiro atoms. The summed E-state index contributed by atoms with van der Waals surface area (Å²) in [6.45, 7) is 4.27. The van der Waals surface area contributed by atoms with E-state index < -0.39 is 0 Å². The molecule has 144 valence electrons. The van der Waals surface area contributed by atoms with Gasteiger partial charge in [0.1, 0.15) is 0 Å². The molecule has 2 N–H and O–H groups in total. The lowest BCUT2D eigenvalue weighted by molar-refractivity contribution is 0.0755. The first kappa shape index (κ1) is 21.1. The standard InChI is InChI=1S/C20H24ClN3O2S/c1-13(2)24(3)19(25)15-7-10-17(21)18(11-15)23-20(26)22-12-14-5-8-16(27-4)9-6-14/h5-11,13H,12H2,1-4H3,(H2,22,23,26). The molecule has 27 heavy (non-hydrogen) atoms. The van der Waals surface area contributed by atoms with E-state index in [0.29, 0.717) is 22.8 Å². The number of halogens is 1. The van der Waals surface area contributed by atoms with Crippen molar-refractivity contribution in [2.75, 3.05) is 18.6 Å². The number of hydrogen-bond donors (Lipinski definition) is 2. The SMILES string of the molecule is CSc1ccc(CNC(=O)Nc2cc(C(=O)N(C)C(C)C)ccc2Cl)cc1. The van der Waals surface area contributed by atoms with Gasteiger partial charge in [-0.25, -0.2) is 4.79 Å². The summed E-state index contributed by atoms with van der Waals surface area (Å²) >= 11 is 7.84. The zero-order valence-electron chi connectivity index (χ0n) is 15.9. The van der Waals surface area contributed by atoms with Crippen LogP contribution in [-0.2, 0) is 6.54 Å². The number of nitrogens with zero attached hydrogens (tertiary/aromatic N) is 1. The summed E-state index contributed by atoms with van der Waals surface area (Å²) in [7, 11) is 1.74. The van der Waals surface area contributed by atoms with Crippen molar-refractivity contribution in [3.63, 3.8) is 0 Å². The van der Waals surface area contributed by atoms with Crippen LogP contribution in [0.2, 0.25) is 5.02 Å². The van der Waals surface area contributed by atoms with Gasteiger partial charge in [0, 0.05) is 30.1 Å². The molecule has 0 aliphatic carbocycles. The fourth-order valence-electron chi connectivity index (χ4n) is 2.28. The lowest BCUT2D eigenvalue weighted by Crippen LogP contribution is -2.33. The van der Waals surface area contributed by atoms with Crippen molar-refractivity contribution in [3.8, 4) is 0 Å². The van der Waals surface area contributed by atoms with Gasteiger partial charge >= 0.3 is 6.03 Å². The van der Waals surface area contributed by atoms with Gasteiger partial charge in [-0.2, -0.15) is 0 Å². The van der Waals surface area contributed by atoms with Crippen LogP contribution in [0.1, 0.15) is 29.8 Å². The molecule has 2 aromatic carbocycles. The van der Waals surface area contributed by atoms with E-state index in [1.54, 1.807) is 41.9 Å². The summed E-state index contributed by atoms with van der Waals surface area (Å²) in [6, 6.07) is 12.5. The first-order chi connectivity index (χ1) is 12.8. The van der Waals surface area contributed by atoms with E-state index in [0.717, 1.165) is 5.56 Å². The first-order valence-corrected chi connectivity index (χ1v) is 10.2. The third-order valence-electron chi connectivity index (χ3n) is 4.17. The number of urea groups is 1. The third-order valence-corrected chi connectivity index (χ3v) is 5.24. The number of nitrogens with one attached hydrogen (secondary N) is 2. The molecule has 0 fully saturated rings. The number of amides is 3. The maximum atomic E-state index is 12.5. The van der Waals surface area contributed by atoms with Gasteiger partial charge in [-0.1, -0.05) is 23.7 Å². The second-order valence-corrected chi connectivity index (χ2v) is 7.65. The van der Waals surface area contributed by atoms with Crippen LogP contribution in [0.4, 0.5) is 10.5 Å². The molecule has 0 saturated carbocycles. The average Bonchev–Trinajstić information content (AvgIpc) is 2.67. The number of rotatable bonds is 6. The van der Waals surface area contributed by atoms with E-state index in [1.165, 1.54) is 4.90 Å². The minimum Gasteiger partial charge on any atom is -0.339 e. The summed E-state index contributed by atoms with van der Waals surface area (Å²) in [6.07, 6.45) is 2.02. The van der Waals surface area contributed by atoms with Crippen molar-refractivity contribution in [2.45, 2.75) is 31.3 Å². The molecular weight excluding hydrogens is 382 g/mol. The van der Waals surface area contributed by atoms with Crippen LogP contribution in [0.5, 0.6) is 0 Å². The van der Waals surface area contributed by atoms with Crippen LogP contribution in [0, 0.1) is 0 Å². The molecule has 0 heterocycles. The molecule has 0 aliphatic rings. The van der Waals surface area contributed by atoms with Crippen LogP contribution in [-0.4, -0.2) is 36.2 Å². The van der Waals surface area contributed by atoms with Crippen LogP contribution in [0.15, 0.2) is 47.4 Å². The third kappa shape index (κ3) is 5.91. The highest BCUT2D eigenvalue weighted by Crippen LogP contribution is 2.24. The van der Waals surface area contributed by atoms with Crippen LogP contribution < -0.4 is 10.6 Å². The highest BCUT2D eigenvalue weighted by atomic mass is 35.5. The molecule has 7 heteroatoms. The second kappa shape index (κ2) is 9.67. The number of anilines is 1. The summed E-state index contributed by atoms with van der Waals surface area (Å²) in [5.41, 5.74) is 1.87. The zero-order valence-corrected chi connectivity index (χ0v) is 17.4. The Hall–Kier alpha value is -2.18. The predicted molar refractivity (Wildman–Crippen MR) is 113 cm³/mol. The number of hydrogen-bond acceptors (Lipinski definition) is 3. The number of benzene rings is 2. The molecule has 0 atom stereocenters. The summed E-state index contributed by atoms with van der Waals surface area (Å²) in [5.74, 6) is -0.126. The summed E-state index contributed by atoms with van der Waals surface area (Å²) in [4.78, 5) is 27.5. The first-order valence-electron chi connectivity index (χ1n) is 8.56. The van der Waals surface area contributed by atoms with E-state index in [9.17, 15) is 9.59 Å². The van der Waals surface area contributed by atoms with Crippen molar-refractivity contribution < 1.29 is 9.59 Å². The lowest BCUT2D eigenvalue weighted by atomic mass is 10.1. The Morgan fingerprint density at radius 2 is 1.81 bits per heavy atom. The molecule has 3 amide bonds. The second-order valence-electron chi connectivity index (χ2n) is 6.36. The molecule has 0 aliphatic heterocycles. The highest BCUT2D eigenvalue weighted by molar-refractivity contribution is 7.98. The molecular formula is C20H24ClN3O2S. The van der Waals surface area contributed by atoms with Crippen LogP contribution in [0.3, 0.4) is 0 Å². The summed E-state index contributed by atoms with van der Waals surface area (Å²) in [5, 5.41) is 5.87. The van der Waals surface area contributed by atoms with Crippen molar-refractivity contribution in [1.29, 1.82) is 0 Å². The lowest BCUT2D eigenvalue weighted by Gasteiger charge is -2.22. The van der Waals surface area contributed by atoms with Gasteiger partial charge in [0.15, 0.2) is 0 Å². The predicted octanol–water partition coefficient (Wildman–Crippen LogP) is 4.86. The molecule has 0 unspecified atom stereocenters.